The number of hydrogen-bond acceptors (Lipinski definition) is 4. The molecule has 0 saturated heterocycles. The summed E-state index contributed by atoms with van der Waals surface area (Å²) in [5, 5.41) is 27.5. The number of hydrogen-bond donors (Lipinski definition) is 3. The molecule has 0 atom stereocenters. The zero-order valence-electron chi connectivity index (χ0n) is 11.9. The van der Waals surface area contributed by atoms with Crippen LogP contribution in [0.15, 0.2) is 36.4 Å². The molecule has 2 aromatic carbocycles. The quantitative estimate of drug-likeness (QED) is 0.774. The predicted molar refractivity (Wildman–Crippen MR) is 79.3 cm³/mol. The van der Waals surface area contributed by atoms with Gasteiger partial charge in [0.25, 0.3) is 0 Å². The van der Waals surface area contributed by atoms with Crippen LogP contribution in [0.1, 0.15) is 31.1 Å². The Hall–Kier alpha value is -3.35. The second-order valence-electron chi connectivity index (χ2n) is 4.63. The Labute approximate surface area is 130 Å². The summed E-state index contributed by atoms with van der Waals surface area (Å²) in [7, 11) is 1.38. The summed E-state index contributed by atoms with van der Waals surface area (Å²) >= 11 is 0. The van der Waals surface area contributed by atoms with Gasteiger partial charge in [-0.3, -0.25) is 0 Å². The fourth-order valence-corrected chi connectivity index (χ4v) is 2.11. The van der Waals surface area contributed by atoms with Gasteiger partial charge in [0.1, 0.15) is 5.75 Å². The van der Waals surface area contributed by atoms with Crippen LogP contribution in [0.5, 0.6) is 5.75 Å². The maximum absolute atomic E-state index is 11.4. The number of carboxylic acids is 3. The predicted octanol–water partition coefficient (Wildman–Crippen LogP) is 2.46. The van der Waals surface area contributed by atoms with Crippen LogP contribution < -0.4 is 4.74 Å². The van der Waals surface area contributed by atoms with E-state index in [0.717, 1.165) is 6.07 Å². The van der Waals surface area contributed by atoms with Gasteiger partial charge in [-0.1, -0.05) is 0 Å². The van der Waals surface area contributed by atoms with Gasteiger partial charge in [0, 0.05) is 0 Å². The summed E-state index contributed by atoms with van der Waals surface area (Å²) < 4.78 is 4.97. The summed E-state index contributed by atoms with van der Waals surface area (Å²) in [5.41, 5.74) is -0.228. The first-order valence-electron chi connectivity index (χ1n) is 6.37. The van der Waals surface area contributed by atoms with Crippen LogP contribution in [-0.2, 0) is 0 Å². The Morgan fingerprint density at radius 2 is 1.39 bits per heavy atom. The summed E-state index contributed by atoms with van der Waals surface area (Å²) in [5.74, 6) is -3.53. The van der Waals surface area contributed by atoms with Crippen molar-refractivity contribution in [3.8, 4) is 16.9 Å². The molecule has 0 spiro atoms. The van der Waals surface area contributed by atoms with Crippen molar-refractivity contribution >= 4 is 17.9 Å². The van der Waals surface area contributed by atoms with E-state index in [-0.39, 0.29) is 27.8 Å². The maximum atomic E-state index is 11.4. The fraction of sp³-hybridized carbons (Fsp3) is 0.0625. The maximum Gasteiger partial charge on any atom is 0.336 e. The van der Waals surface area contributed by atoms with Crippen LogP contribution in [0.4, 0.5) is 0 Å². The van der Waals surface area contributed by atoms with E-state index in [1.807, 2.05) is 0 Å². The highest BCUT2D eigenvalue weighted by Gasteiger charge is 2.17. The highest BCUT2D eigenvalue weighted by Crippen LogP contribution is 2.29. The molecular weight excluding hydrogens is 304 g/mol. The molecule has 0 aliphatic rings. The number of methoxy groups -OCH3 is 1. The first-order valence-corrected chi connectivity index (χ1v) is 6.37. The van der Waals surface area contributed by atoms with E-state index in [0.29, 0.717) is 5.75 Å². The van der Waals surface area contributed by atoms with Crippen molar-refractivity contribution in [1.29, 1.82) is 0 Å². The minimum Gasteiger partial charge on any atom is -0.497 e. The third kappa shape index (κ3) is 3.29. The topological polar surface area (TPSA) is 121 Å². The van der Waals surface area contributed by atoms with Crippen LogP contribution in [0.3, 0.4) is 0 Å². The van der Waals surface area contributed by atoms with Crippen LogP contribution in [0.25, 0.3) is 11.1 Å². The molecular formula is C16H12O7. The standard InChI is InChI=1S/C16H12O7/c1-23-11-2-3-12(13(7-11)16(21)22)8-4-9(14(17)18)6-10(5-8)15(19)20/h2-7H,1H3,(H,17,18)(H,19,20)(H,21,22). The van der Waals surface area contributed by atoms with Gasteiger partial charge in [-0.25, -0.2) is 14.4 Å². The zero-order chi connectivity index (χ0) is 17.1. The smallest absolute Gasteiger partial charge is 0.336 e. The Balaban J connectivity index is 2.73. The van der Waals surface area contributed by atoms with Gasteiger partial charge in [0.05, 0.1) is 23.8 Å². The molecule has 23 heavy (non-hydrogen) atoms. The van der Waals surface area contributed by atoms with Crippen molar-refractivity contribution in [2.75, 3.05) is 7.11 Å². The van der Waals surface area contributed by atoms with Crippen molar-refractivity contribution in [1.82, 2.24) is 0 Å². The normalized spacial score (nSPS) is 10.1. The number of rotatable bonds is 5. The van der Waals surface area contributed by atoms with Gasteiger partial charge in [0.15, 0.2) is 0 Å². The molecule has 0 aliphatic heterocycles. The Bertz CT molecular complexity index is 776. The highest BCUT2D eigenvalue weighted by atomic mass is 16.5. The van der Waals surface area contributed by atoms with E-state index in [2.05, 4.69) is 0 Å². The van der Waals surface area contributed by atoms with E-state index < -0.39 is 17.9 Å². The molecule has 118 valence electrons. The van der Waals surface area contributed by atoms with E-state index in [1.165, 1.54) is 37.4 Å². The number of aromatic carboxylic acids is 3. The number of carboxylic acid groups (broad SMARTS) is 3. The lowest BCUT2D eigenvalue weighted by atomic mass is 9.95. The average Bonchev–Trinajstić information content (AvgIpc) is 2.53. The molecule has 0 unspecified atom stereocenters. The average molecular weight is 316 g/mol. The van der Waals surface area contributed by atoms with Gasteiger partial charge < -0.3 is 20.1 Å². The Morgan fingerprint density at radius 1 is 0.826 bits per heavy atom. The molecule has 0 heterocycles. The second-order valence-corrected chi connectivity index (χ2v) is 4.63. The molecule has 0 radical (unpaired) electrons. The summed E-state index contributed by atoms with van der Waals surface area (Å²) in [6.07, 6.45) is 0. The lowest BCUT2D eigenvalue weighted by molar-refractivity contribution is 0.0683. The van der Waals surface area contributed by atoms with E-state index in [9.17, 15) is 19.5 Å². The molecule has 7 nitrogen and oxygen atoms in total. The number of benzene rings is 2. The van der Waals surface area contributed by atoms with Crippen molar-refractivity contribution < 1.29 is 34.4 Å². The number of carbonyl (C=O) groups is 3. The molecule has 7 heteroatoms. The van der Waals surface area contributed by atoms with Crippen molar-refractivity contribution in [3.05, 3.63) is 53.1 Å². The molecule has 3 N–H and O–H groups in total. The van der Waals surface area contributed by atoms with Gasteiger partial charge >= 0.3 is 17.9 Å². The number of ether oxygens (including phenoxy) is 1. The zero-order valence-corrected chi connectivity index (χ0v) is 11.9. The largest absolute Gasteiger partial charge is 0.497 e. The van der Waals surface area contributed by atoms with Gasteiger partial charge in [-0.05, 0) is 47.5 Å². The lowest BCUT2D eigenvalue weighted by Gasteiger charge is -2.10. The van der Waals surface area contributed by atoms with E-state index in [4.69, 9.17) is 14.9 Å². The molecule has 0 aliphatic carbocycles. The first-order chi connectivity index (χ1) is 10.8. The van der Waals surface area contributed by atoms with Gasteiger partial charge in [0.2, 0.25) is 0 Å². The molecule has 0 bridgehead atoms. The van der Waals surface area contributed by atoms with Gasteiger partial charge in [-0.15, -0.1) is 0 Å². The summed E-state index contributed by atoms with van der Waals surface area (Å²) in [6.45, 7) is 0. The van der Waals surface area contributed by atoms with Crippen molar-refractivity contribution in [2.24, 2.45) is 0 Å². The lowest BCUT2D eigenvalue weighted by Crippen LogP contribution is -2.05. The Morgan fingerprint density at radius 3 is 1.83 bits per heavy atom. The summed E-state index contributed by atoms with van der Waals surface area (Å²) in [4.78, 5) is 33.7. The second kappa shape index (κ2) is 6.18. The Kier molecular flexibility index (Phi) is 4.31. The first kappa shape index (κ1) is 16.0. The van der Waals surface area contributed by atoms with Crippen LogP contribution in [0, 0.1) is 0 Å². The van der Waals surface area contributed by atoms with Crippen LogP contribution >= 0.6 is 0 Å². The molecule has 2 aromatic rings. The SMILES string of the molecule is COc1ccc(-c2cc(C(=O)O)cc(C(=O)O)c2)c(C(=O)O)c1. The third-order valence-corrected chi connectivity index (χ3v) is 3.20. The summed E-state index contributed by atoms with van der Waals surface area (Å²) in [6, 6.07) is 7.69. The monoisotopic (exact) mass is 316 g/mol. The highest BCUT2D eigenvalue weighted by molar-refractivity contribution is 6.00. The molecule has 0 amide bonds. The van der Waals surface area contributed by atoms with Crippen LogP contribution in [-0.4, -0.2) is 40.3 Å². The van der Waals surface area contributed by atoms with Crippen molar-refractivity contribution in [2.45, 2.75) is 0 Å². The molecule has 0 aromatic heterocycles. The minimum absolute atomic E-state index is 0.122. The molecule has 0 fully saturated rings. The van der Waals surface area contributed by atoms with Crippen molar-refractivity contribution in [3.63, 3.8) is 0 Å². The molecule has 2 rings (SSSR count). The van der Waals surface area contributed by atoms with Crippen LogP contribution in [0.2, 0.25) is 0 Å². The third-order valence-electron chi connectivity index (χ3n) is 3.20. The fourth-order valence-electron chi connectivity index (χ4n) is 2.11. The van der Waals surface area contributed by atoms with E-state index >= 15 is 0 Å². The molecule has 0 saturated carbocycles. The minimum atomic E-state index is -1.31. The van der Waals surface area contributed by atoms with E-state index in [1.54, 1.807) is 0 Å². The van der Waals surface area contributed by atoms with Gasteiger partial charge in [-0.2, -0.15) is 0 Å².